The first-order valence-electron chi connectivity index (χ1n) is 4.17. The number of aliphatic hydroxyl groups is 1. The van der Waals surface area contributed by atoms with Crippen LogP contribution in [-0.4, -0.2) is 18.8 Å². The molecule has 0 heterocycles. The van der Waals surface area contributed by atoms with Crippen molar-refractivity contribution in [1.29, 1.82) is 5.26 Å². The van der Waals surface area contributed by atoms with Crippen LogP contribution in [0.25, 0.3) is 6.08 Å². The van der Waals surface area contributed by atoms with Crippen molar-refractivity contribution >= 4 is 6.08 Å². The summed E-state index contributed by atoms with van der Waals surface area (Å²) in [5.41, 5.74) is 1.41. The third-order valence-electron chi connectivity index (χ3n) is 1.76. The summed E-state index contributed by atoms with van der Waals surface area (Å²) < 4.78 is 5.04. The van der Waals surface area contributed by atoms with Crippen molar-refractivity contribution in [3.8, 4) is 11.8 Å². The molecule has 0 unspecified atom stereocenters. The number of nitriles is 1. The SMILES string of the molecule is COc1cc(C=CCO)ccc1C#N. The maximum atomic E-state index is 8.73. The van der Waals surface area contributed by atoms with E-state index in [1.54, 1.807) is 30.4 Å². The molecule has 0 atom stereocenters. The Kier molecular flexibility index (Phi) is 3.71. The number of hydrogen-bond acceptors (Lipinski definition) is 3. The average Bonchev–Trinajstić information content (AvgIpc) is 2.25. The van der Waals surface area contributed by atoms with Crippen LogP contribution in [0.4, 0.5) is 0 Å². The molecule has 0 saturated heterocycles. The maximum absolute atomic E-state index is 8.73. The van der Waals surface area contributed by atoms with Crippen LogP contribution < -0.4 is 4.74 Å². The second-order valence-electron chi connectivity index (χ2n) is 2.66. The van der Waals surface area contributed by atoms with Gasteiger partial charge < -0.3 is 9.84 Å². The summed E-state index contributed by atoms with van der Waals surface area (Å²) in [6.07, 6.45) is 3.39. The van der Waals surface area contributed by atoms with Gasteiger partial charge in [-0.25, -0.2) is 0 Å². The molecule has 0 fully saturated rings. The molecule has 1 rings (SSSR count). The van der Waals surface area contributed by atoms with E-state index in [9.17, 15) is 0 Å². The van der Waals surface area contributed by atoms with Gasteiger partial charge in [-0.2, -0.15) is 5.26 Å². The van der Waals surface area contributed by atoms with Gasteiger partial charge in [-0.3, -0.25) is 0 Å². The summed E-state index contributed by atoms with van der Waals surface area (Å²) in [5.74, 6) is 0.549. The highest BCUT2D eigenvalue weighted by Crippen LogP contribution is 2.19. The average molecular weight is 189 g/mol. The van der Waals surface area contributed by atoms with Crippen LogP contribution in [0.2, 0.25) is 0 Å². The van der Waals surface area contributed by atoms with E-state index in [2.05, 4.69) is 0 Å². The van der Waals surface area contributed by atoms with E-state index in [1.807, 2.05) is 6.07 Å². The zero-order valence-electron chi connectivity index (χ0n) is 7.90. The monoisotopic (exact) mass is 189 g/mol. The van der Waals surface area contributed by atoms with Crippen molar-refractivity contribution in [3.05, 3.63) is 35.4 Å². The van der Waals surface area contributed by atoms with Crippen LogP contribution in [0.5, 0.6) is 5.75 Å². The summed E-state index contributed by atoms with van der Waals surface area (Å²) in [7, 11) is 1.52. The van der Waals surface area contributed by atoms with Gasteiger partial charge in [-0.1, -0.05) is 18.2 Å². The molecule has 0 spiro atoms. The Balaban J connectivity index is 3.03. The van der Waals surface area contributed by atoms with Crippen molar-refractivity contribution in [1.82, 2.24) is 0 Å². The number of ether oxygens (including phenoxy) is 1. The molecule has 0 amide bonds. The normalized spacial score (nSPS) is 10.1. The lowest BCUT2D eigenvalue weighted by molar-refractivity contribution is 0.343. The summed E-state index contributed by atoms with van der Waals surface area (Å²) >= 11 is 0. The molecule has 14 heavy (non-hydrogen) atoms. The van der Waals surface area contributed by atoms with Crippen LogP contribution in [0.1, 0.15) is 11.1 Å². The molecule has 72 valence electrons. The number of aliphatic hydroxyl groups excluding tert-OH is 1. The second-order valence-corrected chi connectivity index (χ2v) is 2.66. The van der Waals surface area contributed by atoms with Gasteiger partial charge in [0.25, 0.3) is 0 Å². The Morgan fingerprint density at radius 3 is 2.93 bits per heavy atom. The second kappa shape index (κ2) is 5.05. The topological polar surface area (TPSA) is 53.2 Å². The number of nitrogens with zero attached hydrogens (tertiary/aromatic N) is 1. The minimum Gasteiger partial charge on any atom is -0.495 e. The summed E-state index contributed by atoms with van der Waals surface area (Å²) in [6, 6.07) is 7.28. The molecule has 0 bridgehead atoms. The fourth-order valence-corrected chi connectivity index (χ4v) is 1.09. The fourth-order valence-electron chi connectivity index (χ4n) is 1.09. The third-order valence-corrected chi connectivity index (χ3v) is 1.76. The summed E-state index contributed by atoms with van der Waals surface area (Å²) in [6.45, 7) is 0.00230. The first kappa shape index (κ1) is 10.3. The van der Waals surface area contributed by atoms with Crippen molar-refractivity contribution in [3.63, 3.8) is 0 Å². The Bertz CT molecular complexity index is 377. The van der Waals surface area contributed by atoms with E-state index in [1.165, 1.54) is 7.11 Å². The van der Waals surface area contributed by atoms with Crippen LogP contribution in [-0.2, 0) is 0 Å². The molecule has 0 radical (unpaired) electrons. The van der Waals surface area contributed by atoms with E-state index in [0.717, 1.165) is 5.56 Å². The Hall–Kier alpha value is -1.79. The van der Waals surface area contributed by atoms with Crippen LogP contribution in [0.15, 0.2) is 24.3 Å². The zero-order chi connectivity index (χ0) is 10.4. The fraction of sp³-hybridized carbons (Fsp3) is 0.182. The van der Waals surface area contributed by atoms with Gasteiger partial charge in [0.2, 0.25) is 0 Å². The number of hydrogen-bond donors (Lipinski definition) is 1. The largest absolute Gasteiger partial charge is 0.495 e. The van der Waals surface area contributed by atoms with Crippen molar-refractivity contribution in [2.75, 3.05) is 13.7 Å². The van der Waals surface area contributed by atoms with E-state index in [0.29, 0.717) is 11.3 Å². The third kappa shape index (κ3) is 2.35. The standard InChI is InChI=1S/C11H11NO2/c1-14-11-7-9(3-2-6-13)4-5-10(11)8-12/h2-5,7,13H,6H2,1H3. The van der Waals surface area contributed by atoms with Crippen LogP contribution in [0.3, 0.4) is 0 Å². The molecule has 0 saturated carbocycles. The lowest BCUT2D eigenvalue weighted by atomic mass is 10.1. The number of methoxy groups -OCH3 is 1. The molecule has 3 heteroatoms. The van der Waals surface area contributed by atoms with E-state index >= 15 is 0 Å². The van der Waals surface area contributed by atoms with Crippen LogP contribution >= 0.6 is 0 Å². The molecule has 0 aliphatic heterocycles. The van der Waals surface area contributed by atoms with E-state index in [-0.39, 0.29) is 6.61 Å². The van der Waals surface area contributed by atoms with Crippen molar-refractivity contribution in [2.45, 2.75) is 0 Å². The molecule has 1 aromatic carbocycles. The van der Waals surface area contributed by atoms with Gasteiger partial charge in [-0.15, -0.1) is 0 Å². The first-order chi connectivity index (χ1) is 6.81. The highest BCUT2D eigenvalue weighted by molar-refractivity contribution is 5.56. The molecule has 0 aromatic heterocycles. The molecule has 1 N–H and O–H groups in total. The summed E-state index contributed by atoms with van der Waals surface area (Å²) in [4.78, 5) is 0. The molecular formula is C11H11NO2. The van der Waals surface area contributed by atoms with Gasteiger partial charge in [-0.05, 0) is 17.7 Å². The van der Waals surface area contributed by atoms with Crippen LogP contribution in [0, 0.1) is 11.3 Å². The minimum atomic E-state index is 0.00230. The number of benzene rings is 1. The van der Waals surface area contributed by atoms with Gasteiger partial charge in [0.15, 0.2) is 0 Å². The predicted molar refractivity (Wildman–Crippen MR) is 53.8 cm³/mol. The highest BCUT2D eigenvalue weighted by Gasteiger charge is 2.01. The zero-order valence-corrected chi connectivity index (χ0v) is 7.90. The molecule has 1 aromatic rings. The molecular weight excluding hydrogens is 178 g/mol. The Morgan fingerprint density at radius 1 is 1.57 bits per heavy atom. The van der Waals surface area contributed by atoms with E-state index < -0.39 is 0 Å². The Morgan fingerprint density at radius 2 is 2.36 bits per heavy atom. The lowest BCUT2D eigenvalue weighted by Crippen LogP contribution is -1.88. The van der Waals surface area contributed by atoms with Gasteiger partial charge in [0, 0.05) is 0 Å². The smallest absolute Gasteiger partial charge is 0.137 e. The van der Waals surface area contributed by atoms with E-state index in [4.69, 9.17) is 15.1 Å². The van der Waals surface area contributed by atoms with Crippen molar-refractivity contribution in [2.24, 2.45) is 0 Å². The maximum Gasteiger partial charge on any atom is 0.137 e. The summed E-state index contributed by atoms with van der Waals surface area (Å²) in [5, 5.41) is 17.3. The quantitative estimate of drug-likeness (QED) is 0.785. The van der Waals surface area contributed by atoms with Crippen molar-refractivity contribution < 1.29 is 9.84 Å². The molecule has 0 aliphatic rings. The molecule has 0 aliphatic carbocycles. The predicted octanol–water partition coefficient (Wildman–Crippen LogP) is 1.57. The molecule has 3 nitrogen and oxygen atoms in total. The highest BCUT2D eigenvalue weighted by atomic mass is 16.5. The van der Waals surface area contributed by atoms with Gasteiger partial charge in [0.1, 0.15) is 11.8 Å². The Labute approximate surface area is 82.9 Å². The lowest BCUT2D eigenvalue weighted by Gasteiger charge is -2.02. The minimum absolute atomic E-state index is 0.00230. The number of rotatable bonds is 3. The van der Waals surface area contributed by atoms with Gasteiger partial charge in [0.05, 0.1) is 19.3 Å². The van der Waals surface area contributed by atoms with Gasteiger partial charge >= 0.3 is 0 Å². The first-order valence-corrected chi connectivity index (χ1v) is 4.17.